The van der Waals surface area contributed by atoms with Gasteiger partial charge in [-0.15, -0.1) is 0 Å². The fourth-order valence-corrected chi connectivity index (χ4v) is 0.878. The Hall–Kier alpha value is -1.17. The van der Waals surface area contributed by atoms with Gasteiger partial charge in [-0.3, -0.25) is 9.78 Å². The molecule has 6 heteroatoms. The van der Waals surface area contributed by atoms with Gasteiger partial charge in [-0.2, -0.15) is 0 Å². The third-order valence-electron chi connectivity index (χ3n) is 1.61. The van der Waals surface area contributed by atoms with Crippen LogP contribution in [0.3, 0.4) is 0 Å². The van der Waals surface area contributed by atoms with Gasteiger partial charge in [0.1, 0.15) is 0 Å². The van der Waals surface area contributed by atoms with E-state index in [4.69, 9.17) is 0 Å². The van der Waals surface area contributed by atoms with Crippen molar-refractivity contribution in [1.29, 1.82) is 0 Å². The minimum absolute atomic E-state index is 0. The average Bonchev–Trinajstić information content (AvgIpc) is 2.29. The van der Waals surface area contributed by atoms with Crippen molar-refractivity contribution in [2.24, 2.45) is 0 Å². The number of hydrogen-bond acceptors (Lipinski definition) is 5. The fourth-order valence-electron chi connectivity index (χ4n) is 0.878. The standard InChI is InChI=1S/C10H9NO4.Na/c1-15-10(14)9(13)6-8(12)7-2-4-11-5-3-7;/h2-6,13H,1H3;/q;+1/p-1. The van der Waals surface area contributed by atoms with Crippen molar-refractivity contribution in [2.75, 3.05) is 7.11 Å². The number of hydrogen-bond donors (Lipinski definition) is 0. The second-order valence-corrected chi connectivity index (χ2v) is 2.60. The van der Waals surface area contributed by atoms with Crippen LogP contribution in [0.4, 0.5) is 0 Å². The topological polar surface area (TPSA) is 79.3 Å². The van der Waals surface area contributed by atoms with Crippen molar-refractivity contribution in [2.45, 2.75) is 0 Å². The molecule has 5 nitrogen and oxygen atoms in total. The predicted octanol–water partition coefficient (Wildman–Crippen LogP) is -3.31. The molecule has 0 bridgehead atoms. The van der Waals surface area contributed by atoms with Crippen LogP contribution >= 0.6 is 0 Å². The van der Waals surface area contributed by atoms with E-state index in [9.17, 15) is 14.7 Å². The number of aromatic nitrogens is 1. The number of carbonyl (C=O) groups excluding carboxylic acids is 2. The molecule has 1 aromatic rings. The van der Waals surface area contributed by atoms with Gasteiger partial charge in [0.15, 0.2) is 5.78 Å². The SMILES string of the molecule is COC(=O)C([O-])=CC(=O)c1ccncc1.[Na+]. The van der Waals surface area contributed by atoms with Crippen LogP contribution in [0.1, 0.15) is 10.4 Å². The molecule has 0 aromatic carbocycles. The number of pyridine rings is 1. The molecule has 1 heterocycles. The number of ether oxygens (including phenoxy) is 1. The molecule has 0 amide bonds. The van der Waals surface area contributed by atoms with E-state index in [-0.39, 0.29) is 29.6 Å². The molecule has 0 saturated carbocycles. The van der Waals surface area contributed by atoms with Gasteiger partial charge < -0.3 is 9.84 Å². The van der Waals surface area contributed by atoms with Crippen molar-refractivity contribution in [3.63, 3.8) is 0 Å². The summed E-state index contributed by atoms with van der Waals surface area (Å²) in [5, 5.41) is 11.0. The maximum atomic E-state index is 11.4. The summed E-state index contributed by atoms with van der Waals surface area (Å²) in [6.07, 6.45) is 3.54. The maximum absolute atomic E-state index is 11.4. The zero-order chi connectivity index (χ0) is 11.3. The Morgan fingerprint density at radius 1 is 1.38 bits per heavy atom. The maximum Gasteiger partial charge on any atom is 1.00 e. The summed E-state index contributed by atoms with van der Waals surface area (Å²) in [6, 6.07) is 2.90. The van der Waals surface area contributed by atoms with Crippen LogP contribution in [0.15, 0.2) is 36.4 Å². The summed E-state index contributed by atoms with van der Waals surface area (Å²) >= 11 is 0. The quantitative estimate of drug-likeness (QED) is 0.178. The Labute approximate surface area is 114 Å². The first kappa shape index (κ1) is 14.8. The molecule has 1 rings (SSSR count). The van der Waals surface area contributed by atoms with E-state index in [1.165, 1.54) is 24.5 Å². The fraction of sp³-hybridized carbons (Fsp3) is 0.100. The van der Waals surface area contributed by atoms with Crippen LogP contribution < -0.4 is 34.7 Å². The number of esters is 1. The summed E-state index contributed by atoms with van der Waals surface area (Å²) in [4.78, 5) is 25.8. The van der Waals surface area contributed by atoms with Gasteiger partial charge in [0.25, 0.3) is 0 Å². The van der Waals surface area contributed by atoms with Crippen LogP contribution in [-0.4, -0.2) is 23.8 Å². The smallest absolute Gasteiger partial charge is 0.867 e. The van der Waals surface area contributed by atoms with Crippen molar-refractivity contribution in [3.05, 3.63) is 41.9 Å². The molecule has 0 fully saturated rings. The largest absolute Gasteiger partial charge is 1.00 e. The Morgan fingerprint density at radius 2 is 1.94 bits per heavy atom. The van der Waals surface area contributed by atoms with Crippen LogP contribution in [0.5, 0.6) is 0 Å². The van der Waals surface area contributed by atoms with E-state index in [1.807, 2.05) is 0 Å². The molecular weight excluding hydrogens is 221 g/mol. The average molecular weight is 229 g/mol. The monoisotopic (exact) mass is 229 g/mol. The molecule has 0 radical (unpaired) electrons. The van der Waals surface area contributed by atoms with Crippen LogP contribution in [-0.2, 0) is 9.53 Å². The van der Waals surface area contributed by atoms with Gasteiger partial charge in [0.05, 0.1) is 7.11 Å². The van der Waals surface area contributed by atoms with Crippen LogP contribution in [0, 0.1) is 0 Å². The number of nitrogens with zero attached hydrogens (tertiary/aromatic N) is 1. The molecule has 0 unspecified atom stereocenters. The van der Waals surface area contributed by atoms with E-state index in [2.05, 4.69) is 9.72 Å². The normalized spacial score (nSPS) is 10.2. The molecule has 78 valence electrons. The Bertz CT molecular complexity index is 403. The third-order valence-corrected chi connectivity index (χ3v) is 1.61. The number of methoxy groups -OCH3 is 1. The first-order chi connectivity index (χ1) is 7.15. The minimum Gasteiger partial charge on any atom is -0.867 e. The van der Waals surface area contributed by atoms with E-state index in [0.717, 1.165) is 7.11 Å². The van der Waals surface area contributed by atoms with Crippen molar-refractivity contribution < 1.29 is 49.0 Å². The van der Waals surface area contributed by atoms with Crippen molar-refractivity contribution in [3.8, 4) is 0 Å². The Kier molecular flexibility index (Phi) is 6.64. The van der Waals surface area contributed by atoms with E-state index < -0.39 is 17.5 Å². The molecule has 0 spiro atoms. The minimum atomic E-state index is -1.06. The zero-order valence-electron chi connectivity index (χ0n) is 8.97. The summed E-state index contributed by atoms with van der Waals surface area (Å²) in [5.74, 6) is -2.58. The van der Waals surface area contributed by atoms with Crippen LogP contribution in [0.25, 0.3) is 0 Å². The summed E-state index contributed by atoms with van der Waals surface area (Å²) in [7, 11) is 1.07. The molecule has 16 heavy (non-hydrogen) atoms. The molecule has 0 N–H and O–H groups in total. The zero-order valence-corrected chi connectivity index (χ0v) is 11.0. The molecule has 0 aliphatic rings. The number of allylic oxidation sites excluding steroid dienone is 1. The number of ketones is 1. The van der Waals surface area contributed by atoms with Gasteiger partial charge in [-0.1, -0.05) is 0 Å². The van der Waals surface area contributed by atoms with E-state index >= 15 is 0 Å². The molecule has 0 aliphatic heterocycles. The first-order valence-corrected chi connectivity index (χ1v) is 4.06. The second kappa shape index (κ2) is 7.16. The first-order valence-electron chi connectivity index (χ1n) is 4.06. The van der Waals surface area contributed by atoms with Gasteiger partial charge >= 0.3 is 35.5 Å². The summed E-state index contributed by atoms with van der Waals surface area (Å²) in [6.45, 7) is 0. The van der Waals surface area contributed by atoms with Gasteiger partial charge in [-0.25, -0.2) is 4.79 Å². The van der Waals surface area contributed by atoms with Gasteiger partial charge in [0, 0.05) is 18.0 Å². The van der Waals surface area contributed by atoms with Gasteiger partial charge in [0.2, 0.25) is 0 Å². The molecule has 0 saturated heterocycles. The summed E-state index contributed by atoms with van der Waals surface area (Å²) < 4.78 is 4.16. The van der Waals surface area contributed by atoms with Crippen LogP contribution in [0.2, 0.25) is 0 Å². The molecule has 0 aliphatic carbocycles. The number of carbonyl (C=O) groups is 2. The van der Waals surface area contributed by atoms with E-state index in [1.54, 1.807) is 0 Å². The molecule has 1 aromatic heterocycles. The Balaban J connectivity index is 0.00000225. The second-order valence-electron chi connectivity index (χ2n) is 2.60. The third kappa shape index (κ3) is 4.14. The molecular formula is C10H8NNaO4. The molecule has 0 atom stereocenters. The predicted molar refractivity (Wildman–Crippen MR) is 48.7 cm³/mol. The summed E-state index contributed by atoms with van der Waals surface area (Å²) in [5.41, 5.74) is 0.294. The number of rotatable bonds is 3. The van der Waals surface area contributed by atoms with Gasteiger partial charge in [-0.05, 0) is 24.0 Å². The van der Waals surface area contributed by atoms with Crippen molar-refractivity contribution in [1.82, 2.24) is 4.98 Å². The van der Waals surface area contributed by atoms with E-state index in [0.29, 0.717) is 11.6 Å². The Morgan fingerprint density at radius 3 is 2.44 bits per heavy atom. The van der Waals surface area contributed by atoms with Crippen molar-refractivity contribution >= 4 is 11.8 Å².